The quantitative estimate of drug-likeness (QED) is 0.821. The van der Waals surface area contributed by atoms with Crippen LogP contribution in [-0.2, 0) is 15.8 Å². The van der Waals surface area contributed by atoms with Gasteiger partial charge in [0, 0.05) is 25.2 Å². The van der Waals surface area contributed by atoms with Crippen molar-refractivity contribution in [3.63, 3.8) is 0 Å². The number of pyridine rings is 1. The van der Waals surface area contributed by atoms with Crippen molar-refractivity contribution in [3.05, 3.63) is 40.8 Å². The lowest BCUT2D eigenvalue weighted by Gasteiger charge is -2.30. The van der Waals surface area contributed by atoms with Gasteiger partial charge >= 0.3 is 6.18 Å². The maximum Gasteiger partial charge on any atom is 0.417 e. The first-order valence-corrected chi connectivity index (χ1v) is 7.24. The Morgan fingerprint density at radius 3 is 2.50 bits per heavy atom. The summed E-state index contributed by atoms with van der Waals surface area (Å²) in [6.45, 7) is 4.08. The molecule has 0 saturated carbocycles. The van der Waals surface area contributed by atoms with E-state index in [0.717, 1.165) is 0 Å². The molecule has 0 atom stereocenters. The van der Waals surface area contributed by atoms with Crippen LogP contribution in [0.4, 0.5) is 18.9 Å². The number of halogens is 3. The van der Waals surface area contributed by atoms with Crippen molar-refractivity contribution in [2.45, 2.75) is 19.0 Å². The number of aromatic nitrogens is 1. The van der Waals surface area contributed by atoms with Crippen LogP contribution in [0.3, 0.4) is 0 Å². The van der Waals surface area contributed by atoms with Crippen molar-refractivity contribution in [2.24, 2.45) is 5.92 Å². The largest absolute Gasteiger partial charge is 0.417 e. The van der Waals surface area contributed by atoms with Gasteiger partial charge in [0.25, 0.3) is 5.56 Å². The lowest BCUT2D eigenvalue weighted by atomic mass is 9.95. The van der Waals surface area contributed by atoms with Gasteiger partial charge in [-0.05, 0) is 25.0 Å². The van der Waals surface area contributed by atoms with E-state index >= 15 is 0 Å². The van der Waals surface area contributed by atoms with Gasteiger partial charge in [-0.3, -0.25) is 14.4 Å². The Bertz CT molecular complexity index is 704. The number of anilines is 1. The molecule has 1 fully saturated rings. The van der Waals surface area contributed by atoms with Gasteiger partial charge in [-0.1, -0.05) is 6.58 Å². The number of nitrogens with zero attached hydrogens (tertiary/aromatic N) is 1. The third-order valence-electron chi connectivity index (χ3n) is 3.84. The molecule has 0 aromatic carbocycles. The molecule has 1 aliphatic heterocycles. The lowest BCUT2D eigenvalue weighted by molar-refractivity contribution is -0.137. The summed E-state index contributed by atoms with van der Waals surface area (Å²) in [7, 11) is 0. The molecule has 0 radical (unpaired) electrons. The Kier molecular flexibility index (Phi) is 5.10. The highest BCUT2D eigenvalue weighted by molar-refractivity contribution is 5.93. The average Bonchev–Trinajstić information content (AvgIpc) is 2.55. The SMILES string of the molecule is C=CC(=O)N1CCC(C(=O)Nc2cc(C(F)(F)F)c[nH]c2=O)CC1. The van der Waals surface area contributed by atoms with Gasteiger partial charge in [0.2, 0.25) is 11.8 Å². The number of likely N-dealkylation sites (tertiary alicyclic amines) is 1. The zero-order valence-electron chi connectivity index (χ0n) is 12.7. The third-order valence-corrected chi connectivity index (χ3v) is 3.84. The number of piperidine rings is 1. The van der Waals surface area contributed by atoms with Crippen LogP contribution < -0.4 is 10.9 Å². The van der Waals surface area contributed by atoms with E-state index in [-0.39, 0.29) is 5.91 Å². The van der Waals surface area contributed by atoms with Crippen molar-refractivity contribution in [1.82, 2.24) is 9.88 Å². The molecule has 130 valence electrons. The van der Waals surface area contributed by atoms with Gasteiger partial charge in [-0.25, -0.2) is 0 Å². The second-order valence-electron chi connectivity index (χ2n) is 5.42. The molecular formula is C15H16F3N3O3. The van der Waals surface area contributed by atoms with Gasteiger partial charge in [0.1, 0.15) is 5.69 Å². The van der Waals surface area contributed by atoms with E-state index in [1.54, 1.807) is 0 Å². The summed E-state index contributed by atoms with van der Waals surface area (Å²) >= 11 is 0. The van der Waals surface area contributed by atoms with Crippen LogP contribution in [0.5, 0.6) is 0 Å². The summed E-state index contributed by atoms with van der Waals surface area (Å²) in [5, 5.41) is 2.24. The summed E-state index contributed by atoms with van der Waals surface area (Å²) in [6.07, 6.45) is -2.16. The number of nitrogens with one attached hydrogen (secondary N) is 2. The molecule has 0 unspecified atom stereocenters. The molecule has 1 aliphatic rings. The standard InChI is InChI=1S/C15H16F3N3O3/c1-2-12(22)21-5-3-9(4-6-21)13(23)20-11-7-10(15(16,17)18)8-19-14(11)24/h2,7-9H,1,3-6H2,(H,19,24)(H,20,23). The molecule has 0 bridgehead atoms. The van der Waals surface area contributed by atoms with Crippen molar-refractivity contribution in [3.8, 4) is 0 Å². The van der Waals surface area contributed by atoms with Crippen LogP contribution in [0.25, 0.3) is 0 Å². The zero-order valence-corrected chi connectivity index (χ0v) is 12.7. The predicted octanol–water partition coefficient (Wildman–Crippen LogP) is 1.76. The summed E-state index contributed by atoms with van der Waals surface area (Å²) in [4.78, 5) is 38.7. The predicted molar refractivity (Wildman–Crippen MR) is 80.2 cm³/mol. The topological polar surface area (TPSA) is 82.3 Å². The second-order valence-corrected chi connectivity index (χ2v) is 5.42. The van der Waals surface area contributed by atoms with E-state index in [0.29, 0.717) is 38.2 Å². The Balaban J connectivity index is 2.04. The number of hydrogen-bond donors (Lipinski definition) is 2. The number of aromatic amines is 1. The minimum atomic E-state index is -4.62. The first kappa shape index (κ1) is 17.8. The monoisotopic (exact) mass is 343 g/mol. The van der Waals surface area contributed by atoms with Crippen LogP contribution in [0.1, 0.15) is 18.4 Å². The summed E-state index contributed by atoms with van der Waals surface area (Å²) in [5.41, 5.74) is -2.31. The third kappa shape index (κ3) is 4.03. The van der Waals surface area contributed by atoms with Crippen molar-refractivity contribution in [2.75, 3.05) is 18.4 Å². The van der Waals surface area contributed by atoms with Crippen LogP contribution in [-0.4, -0.2) is 34.8 Å². The molecule has 2 amide bonds. The maximum absolute atomic E-state index is 12.7. The number of carbonyl (C=O) groups excluding carboxylic acids is 2. The van der Waals surface area contributed by atoms with E-state index in [2.05, 4.69) is 11.9 Å². The first-order chi connectivity index (χ1) is 11.2. The molecule has 2 N–H and O–H groups in total. The van der Waals surface area contributed by atoms with Gasteiger partial charge in [-0.2, -0.15) is 13.2 Å². The number of carbonyl (C=O) groups is 2. The summed E-state index contributed by atoms with van der Waals surface area (Å²) in [6, 6.07) is 0.604. The van der Waals surface area contributed by atoms with E-state index in [1.807, 2.05) is 4.98 Å². The fourth-order valence-electron chi connectivity index (χ4n) is 2.47. The van der Waals surface area contributed by atoms with Gasteiger partial charge in [0.15, 0.2) is 0 Å². The molecule has 9 heteroatoms. The summed E-state index contributed by atoms with van der Waals surface area (Å²) in [5.74, 6) is -1.25. The average molecular weight is 343 g/mol. The highest BCUT2D eigenvalue weighted by Gasteiger charge is 2.32. The van der Waals surface area contributed by atoms with E-state index < -0.39 is 34.8 Å². The molecule has 0 spiro atoms. The Hall–Kier alpha value is -2.58. The molecule has 2 rings (SSSR count). The van der Waals surface area contributed by atoms with E-state index in [1.165, 1.54) is 11.0 Å². The number of rotatable bonds is 3. The number of hydrogen-bond acceptors (Lipinski definition) is 3. The highest BCUT2D eigenvalue weighted by atomic mass is 19.4. The molecule has 0 aliphatic carbocycles. The van der Waals surface area contributed by atoms with Crippen molar-refractivity contribution in [1.29, 1.82) is 0 Å². The lowest BCUT2D eigenvalue weighted by Crippen LogP contribution is -2.41. The van der Waals surface area contributed by atoms with Crippen LogP contribution in [0, 0.1) is 5.92 Å². The number of alkyl halides is 3. The van der Waals surface area contributed by atoms with Crippen molar-refractivity contribution < 1.29 is 22.8 Å². The molecule has 1 aromatic heterocycles. The van der Waals surface area contributed by atoms with Crippen LogP contribution >= 0.6 is 0 Å². The molecule has 24 heavy (non-hydrogen) atoms. The zero-order chi connectivity index (χ0) is 17.9. The van der Waals surface area contributed by atoms with Gasteiger partial charge in [0.05, 0.1) is 5.56 Å². The second kappa shape index (κ2) is 6.90. The smallest absolute Gasteiger partial charge is 0.339 e. The molecule has 2 heterocycles. The van der Waals surface area contributed by atoms with E-state index in [4.69, 9.17) is 0 Å². The van der Waals surface area contributed by atoms with Crippen molar-refractivity contribution >= 4 is 17.5 Å². The first-order valence-electron chi connectivity index (χ1n) is 7.24. The molecular weight excluding hydrogens is 327 g/mol. The van der Waals surface area contributed by atoms with Gasteiger partial charge < -0.3 is 15.2 Å². The number of amides is 2. The van der Waals surface area contributed by atoms with Gasteiger partial charge in [-0.15, -0.1) is 0 Å². The minimum Gasteiger partial charge on any atom is -0.339 e. The van der Waals surface area contributed by atoms with Crippen LogP contribution in [0.15, 0.2) is 29.7 Å². The van der Waals surface area contributed by atoms with E-state index in [9.17, 15) is 27.6 Å². The minimum absolute atomic E-state index is 0.233. The molecule has 1 saturated heterocycles. The van der Waals surface area contributed by atoms with Crippen LogP contribution in [0.2, 0.25) is 0 Å². The Morgan fingerprint density at radius 1 is 1.33 bits per heavy atom. The fraction of sp³-hybridized carbons (Fsp3) is 0.400. The summed E-state index contributed by atoms with van der Waals surface area (Å²) < 4.78 is 38.0. The Morgan fingerprint density at radius 2 is 1.96 bits per heavy atom. The molecule has 6 nitrogen and oxygen atoms in total. The Labute approximate surface area is 135 Å². The normalized spacial score (nSPS) is 15.9. The maximum atomic E-state index is 12.7. The number of H-pyrrole nitrogens is 1. The molecule has 1 aromatic rings. The fourth-order valence-corrected chi connectivity index (χ4v) is 2.47. The highest BCUT2D eigenvalue weighted by Crippen LogP contribution is 2.29.